The number of amides is 2. The third-order valence-corrected chi connectivity index (χ3v) is 4.51. The van der Waals surface area contributed by atoms with Gasteiger partial charge in [-0.3, -0.25) is 9.59 Å². The zero-order chi connectivity index (χ0) is 13.8. The van der Waals surface area contributed by atoms with Gasteiger partial charge in [-0.25, -0.2) is 0 Å². The van der Waals surface area contributed by atoms with E-state index in [0.717, 1.165) is 19.3 Å². The third-order valence-electron chi connectivity index (χ3n) is 4.51. The first-order valence-corrected chi connectivity index (χ1v) is 7.43. The van der Waals surface area contributed by atoms with E-state index < -0.39 is 0 Å². The number of carbonyl (C=O) groups is 2. The summed E-state index contributed by atoms with van der Waals surface area (Å²) in [6.45, 7) is 3.12. The second-order valence-electron chi connectivity index (χ2n) is 5.83. The summed E-state index contributed by atoms with van der Waals surface area (Å²) < 4.78 is 0. The predicted molar refractivity (Wildman–Crippen MR) is 73.2 cm³/mol. The van der Waals surface area contributed by atoms with Crippen molar-refractivity contribution in [3.8, 4) is 0 Å². The molecule has 2 aliphatic carbocycles. The molecule has 2 aliphatic rings. The maximum atomic E-state index is 12.1. The quantitative estimate of drug-likeness (QED) is 0.651. The maximum absolute atomic E-state index is 12.1. The van der Waals surface area contributed by atoms with Crippen molar-refractivity contribution >= 4 is 11.8 Å². The highest BCUT2D eigenvalue weighted by atomic mass is 16.2. The van der Waals surface area contributed by atoms with Gasteiger partial charge in [0.1, 0.15) is 0 Å². The summed E-state index contributed by atoms with van der Waals surface area (Å²) in [5.41, 5.74) is 6.12. The SMILES string of the molecule is CCCNC(=O)CCNC(=O)C1C2CCC(C2)C1N. The highest BCUT2D eigenvalue weighted by Gasteiger charge is 2.48. The Kier molecular flexibility index (Phi) is 4.80. The molecule has 0 aromatic carbocycles. The minimum absolute atomic E-state index is 0.000564. The van der Waals surface area contributed by atoms with E-state index in [0.29, 0.717) is 31.3 Å². The monoisotopic (exact) mass is 267 g/mol. The fourth-order valence-corrected chi connectivity index (χ4v) is 3.49. The van der Waals surface area contributed by atoms with Crippen LogP contribution in [0.3, 0.4) is 0 Å². The van der Waals surface area contributed by atoms with Crippen molar-refractivity contribution in [2.75, 3.05) is 13.1 Å². The van der Waals surface area contributed by atoms with Crippen LogP contribution in [0.25, 0.3) is 0 Å². The number of nitrogens with two attached hydrogens (primary N) is 1. The molecule has 0 spiro atoms. The van der Waals surface area contributed by atoms with E-state index in [1.54, 1.807) is 0 Å². The lowest BCUT2D eigenvalue weighted by atomic mass is 9.84. The normalized spacial score (nSPS) is 32.3. The van der Waals surface area contributed by atoms with Crippen molar-refractivity contribution in [2.24, 2.45) is 23.5 Å². The molecule has 19 heavy (non-hydrogen) atoms. The zero-order valence-corrected chi connectivity index (χ0v) is 11.7. The van der Waals surface area contributed by atoms with E-state index in [-0.39, 0.29) is 23.8 Å². The Balaban J connectivity index is 1.69. The summed E-state index contributed by atoms with van der Waals surface area (Å²) >= 11 is 0. The summed E-state index contributed by atoms with van der Waals surface area (Å²) in [7, 11) is 0. The van der Waals surface area contributed by atoms with Crippen molar-refractivity contribution in [3.05, 3.63) is 0 Å². The molecule has 4 atom stereocenters. The van der Waals surface area contributed by atoms with Gasteiger partial charge < -0.3 is 16.4 Å². The standard InChI is InChI=1S/C14H25N3O2/c1-2-6-16-11(18)5-7-17-14(19)12-9-3-4-10(8-9)13(12)15/h9-10,12-13H,2-8,15H2,1H3,(H,16,18)(H,17,19). The fourth-order valence-electron chi connectivity index (χ4n) is 3.49. The van der Waals surface area contributed by atoms with Gasteiger partial charge in [-0.2, -0.15) is 0 Å². The van der Waals surface area contributed by atoms with E-state index in [1.807, 2.05) is 6.92 Å². The molecule has 108 valence electrons. The topological polar surface area (TPSA) is 84.2 Å². The molecule has 5 nitrogen and oxygen atoms in total. The van der Waals surface area contributed by atoms with E-state index in [2.05, 4.69) is 10.6 Å². The van der Waals surface area contributed by atoms with Gasteiger partial charge in [0.2, 0.25) is 11.8 Å². The number of rotatable bonds is 6. The van der Waals surface area contributed by atoms with Gasteiger partial charge in [-0.1, -0.05) is 6.92 Å². The van der Waals surface area contributed by atoms with Crippen LogP contribution in [0.1, 0.15) is 39.0 Å². The Bertz CT molecular complexity index is 344. The van der Waals surface area contributed by atoms with Gasteiger partial charge in [0.25, 0.3) is 0 Å². The van der Waals surface area contributed by atoms with Crippen LogP contribution >= 0.6 is 0 Å². The Morgan fingerprint density at radius 1 is 1.16 bits per heavy atom. The van der Waals surface area contributed by atoms with Gasteiger partial charge >= 0.3 is 0 Å². The smallest absolute Gasteiger partial charge is 0.224 e. The lowest BCUT2D eigenvalue weighted by molar-refractivity contribution is -0.127. The van der Waals surface area contributed by atoms with Crippen LogP contribution in [0, 0.1) is 17.8 Å². The molecule has 2 bridgehead atoms. The first-order chi connectivity index (χ1) is 9.13. The maximum Gasteiger partial charge on any atom is 0.224 e. The van der Waals surface area contributed by atoms with Gasteiger partial charge in [0, 0.05) is 25.6 Å². The predicted octanol–water partition coefficient (Wildman–Crippen LogP) is 0.392. The Hall–Kier alpha value is -1.10. The lowest BCUT2D eigenvalue weighted by Gasteiger charge is -2.26. The average Bonchev–Trinajstić information content (AvgIpc) is 2.96. The van der Waals surface area contributed by atoms with Crippen molar-refractivity contribution in [3.63, 3.8) is 0 Å². The minimum atomic E-state index is -0.0301. The molecule has 2 fully saturated rings. The van der Waals surface area contributed by atoms with Crippen LogP contribution in [0.4, 0.5) is 0 Å². The summed E-state index contributed by atoms with van der Waals surface area (Å²) in [6, 6.07) is 0.0210. The van der Waals surface area contributed by atoms with E-state index in [1.165, 1.54) is 6.42 Å². The fraction of sp³-hybridized carbons (Fsp3) is 0.857. The van der Waals surface area contributed by atoms with Crippen molar-refractivity contribution in [1.82, 2.24) is 10.6 Å². The molecule has 2 amide bonds. The minimum Gasteiger partial charge on any atom is -0.356 e. The van der Waals surface area contributed by atoms with Crippen molar-refractivity contribution < 1.29 is 9.59 Å². The van der Waals surface area contributed by atoms with Crippen LogP contribution in [-0.4, -0.2) is 30.9 Å². The van der Waals surface area contributed by atoms with Crippen LogP contribution in [0.5, 0.6) is 0 Å². The summed E-state index contributed by atoms with van der Waals surface area (Å²) in [6.07, 6.45) is 4.69. The van der Waals surface area contributed by atoms with Gasteiger partial charge in [0.15, 0.2) is 0 Å². The van der Waals surface area contributed by atoms with Crippen molar-refractivity contribution in [1.29, 1.82) is 0 Å². The third kappa shape index (κ3) is 3.26. The second-order valence-corrected chi connectivity index (χ2v) is 5.83. The zero-order valence-electron chi connectivity index (χ0n) is 11.7. The molecule has 0 aliphatic heterocycles. The van der Waals surface area contributed by atoms with Crippen LogP contribution in [-0.2, 0) is 9.59 Å². The summed E-state index contributed by atoms with van der Waals surface area (Å²) in [5.74, 6) is 1.02. The average molecular weight is 267 g/mol. The molecule has 2 rings (SSSR count). The molecule has 2 saturated carbocycles. The largest absolute Gasteiger partial charge is 0.356 e. The molecule has 4 N–H and O–H groups in total. The molecule has 0 aromatic rings. The van der Waals surface area contributed by atoms with Gasteiger partial charge in [0.05, 0.1) is 5.92 Å². The highest BCUT2D eigenvalue weighted by molar-refractivity contribution is 5.81. The molecular weight excluding hydrogens is 242 g/mol. The molecule has 5 heteroatoms. The molecule has 0 aromatic heterocycles. The molecule has 0 radical (unpaired) electrons. The number of hydrogen-bond acceptors (Lipinski definition) is 3. The van der Waals surface area contributed by atoms with Gasteiger partial charge in [-0.05, 0) is 37.5 Å². The van der Waals surface area contributed by atoms with Gasteiger partial charge in [-0.15, -0.1) is 0 Å². The number of nitrogens with one attached hydrogen (secondary N) is 2. The Morgan fingerprint density at radius 2 is 1.89 bits per heavy atom. The van der Waals surface area contributed by atoms with E-state index in [9.17, 15) is 9.59 Å². The van der Waals surface area contributed by atoms with Crippen LogP contribution < -0.4 is 16.4 Å². The van der Waals surface area contributed by atoms with E-state index in [4.69, 9.17) is 5.73 Å². The summed E-state index contributed by atoms with van der Waals surface area (Å²) in [5, 5.41) is 5.66. The number of carbonyl (C=O) groups excluding carboxylic acids is 2. The first-order valence-electron chi connectivity index (χ1n) is 7.43. The van der Waals surface area contributed by atoms with Crippen molar-refractivity contribution in [2.45, 2.75) is 45.1 Å². The Labute approximate surface area is 114 Å². The molecular formula is C14H25N3O2. The first kappa shape index (κ1) is 14.3. The van der Waals surface area contributed by atoms with E-state index >= 15 is 0 Å². The summed E-state index contributed by atoms with van der Waals surface area (Å²) in [4.78, 5) is 23.5. The number of fused-ring (bicyclic) bond motifs is 2. The highest BCUT2D eigenvalue weighted by Crippen LogP contribution is 2.47. The second kappa shape index (κ2) is 6.37. The molecule has 0 heterocycles. The Morgan fingerprint density at radius 3 is 2.53 bits per heavy atom. The lowest BCUT2D eigenvalue weighted by Crippen LogP contribution is -2.45. The molecule has 0 saturated heterocycles. The number of hydrogen-bond donors (Lipinski definition) is 3. The molecule has 4 unspecified atom stereocenters. The van der Waals surface area contributed by atoms with Crippen LogP contribution in [0.2, 0.25) is 0 Å². The van der Waals surface area contributed by atoms with Crippen LogP contribution in [0.15, 0.2) is 0 Å².